The predicted octanol–water partition coefficient (Wildman–Crippen LogP) is 2.15. The lowest BCUT2D eigenvalue weighted by atomic mass is 10.1. The average Bonchev–Trinajstić information content (AvgIpc) is 2.72. The Hall–Kier alpha value is -1.65. The van der Waals surface area contributed by atoms with E-state index >= 15 is 0 Å². The van der Waals surface area contributed by atoms with Crippen LogP contribution in [0.1, 0.15) is 20.3 Å². The second-order valence-corrected chi connectivity index (χ2v) is 5.43. The van der Waals surface area contributed by atoms with E-state index in [0.717, 1.165) is 12.2 Å². The van der Waals surface area contributed by atoms with Crippen molar-refractivity contribution in [1.29, 1.82) is 0 Å². The highest BCUT2D eigenvalue weighted by Gasteiger charge is 2.35. The van der Waals surface area contributed by atoms with Gasteiger partial charge in [0.2, 0.25) is 0 Å². The number of carbonyl (C=O) groups is 1. The minimum Gasteiger partial charge on any atom is -0.295 e. The molecule has 0 aliphatic carbocycles. The quantitative estimate of drug-likeness (QED) is 0.822. The predicted molar refractivity (Wildman–Crippen MR) is 77.5 cm³/mol. The van der Waals surface area contributed by atoms with Gasteiger partial charge in [-0.1, -0.05) is 24.8 Å². The van der Waals surface area contributed by atoms with E-state index in [1.807, 2.05) is 23.3 Å². The van der Waals surface area contributed by atoms with Crippen molar-refractivity contribution in [2.75, 3.05) is 18.1 Å². The molecule has 0 unspecified atom stereocenters. The summed E-state index contributed by atoms with van der Waals surface area (Å²) in [7, 11) is 0. The van der Waals surface area contributed by atoms with Gasteiger partial charge in [-0.2, -0.15) is 5.12 Å². The van der Waals surface area contributed by atoms with E-state index in [0.29, 0.717) is 13.0 Å². The number of nitrogens with one attached hydrogen (secondary N) is 1. The van der Waals surface area contributed by atoms with E-state index in [-0.39, 0.29) is 11.3 Å². The first-order valence-corrected chi connectivity index (χ1v) is 6.55. The molecule has 4 nitrogen and oxygen atoms in total. The van der Waals surface area contributed by atoms with E-state index in [9.17, 15) is 4.79 Å². The van der Waals surface area contributed by atoms with Crippen molar-refractivity contribution >= 4 is 11.5 Å². The van der Waals surface area contributed by atoms with Crippen LogP contribution in [0, 0.1) is 0 Å². The van der Waals surface area contributed by atoms with Gasteiger partial charge in [-0.05, 0) is 32.1 Å². The summed E-state index contributed by atoms with van der Waals surface area (Å²) >= 11 is 0. The lowest BCUT2D eigenvalue weighted by Crippen LogP contribution is -2.46. The number of anilines is 1. The second kappa shape index (κ2) is 5.55. The van der Waals surface area contributed by atoms with Crippen LogP contribution in [0.2, 0.25) is 0 Å². The highest BCUT2D eigenvalue weighted by Crippen LogP contribution is 2.24. The van der Waals surface area contributed by atoms with Crippen molar-refractivity contribution in [3.63, 3.8) is 0 Å². The van der Waals surface area contributed by atoms with E-state index in [1.54, 1.807) is 0 Å². The Kier molecular flexibility index (Phi) is 4.02. The van der Waals surface area contributed by atoms with Gasteiger partial charge in [0.15, 0.2) is 5.78 Å². The fourth-order valence-corrected chi connectivity index (χ4v) is 2.23. The molecule has 0 aromatic heterocycles. The largest absolute Gasteiger partial charge is 0.295 e. The van der Waals surface area contributed by atoms with Crippen LogP contribution in [-0.4, -0.2) is 29.5 Å². The van der Waals surface area contributed by atoms with Crippen LogP contribution < -0.4 is 10.4 Å². The number of hydrogen-bond acceptors (Lipinski definition) is 4. The Bertz CT molecular complexity index is 456. The smallest absolute Gasteiger partial charge is 0.156 e. The molecule has 0 spiro atoms. The number of carbonyl (C=O) groups excluding carboxylic acids is 1. The summed E-state index contributed by atoms with van der Waals surface area (Å²) in [5.74, 6) is 0.0690. The molecular formula is C15H21N3O. The molecule has 1 aromatic rings. The maximum absolute atomic E-state index is 11.4. The van der Waals surface area contributed by atoms with Gasteiger partial charge in [0.05, 0.1) is 12.2 Å². The molecule has 1 saturated heterocycles. The molecule has 0 atom stereocenters. The Balaban J connectivity index is 2.10. The number of rotatable bonds is 5. The van der Waals surface area contributed by atoms with E-state index in [2.05, 4.69) is 43.0 Å². The van der Waals surface area contributed by atoms with Crippen LogP contribution in [0.15, 0.2) is 43.0 Å². The standard InChI is InChI=1S/C15H21N3O/c1-4-14(19)10-11-18-16-15(2,3)12-17(18)13-8-6-5-7-9-13/h4-9,16H,1,10-12H2,2-3H3. The van der Waals surface area contributed by atoms with Gasteiger partial charge in [0.25, 0.3) is 0 Å². The van der Waals surface area contributed by atoms with Gasteiger partial charge in [-0.3, -0.25) is 9.80 Å². The maximum Gasteiger partial charge on any atom is 0.156 e. The van der Waals surface area contributed by atoms with E-state index in [4.69, 9.17) is 0 Å². The summed E-state index contributed by atoms with van der Waals surface area (Å²) in [5, 5.41) is 4.20. The zero-order chi connectivity index (χ0) is 13.9. The first-order chi connectivity index (χ1) is 9.02. The molecule has 1 fully saturated rings. The van der Waals surface area contributed by atoms with Gasteiger partial charge in [-0.15, -0.1) is 0 Å². The summed E-state index contributed by atoms with van der Waals surface area (Å²) in [6.45, 7) is 9.33. The lowest BCUT2D eigenvalue weighted by molar-refractivity contribution is -0.115. The molecule has 2 rings (SSSR count). The van der Waals surface area contributed by atoms with Crippen LogP contribution in [0.4, 0.5) is 5.69 Å². The molecule has 0 radical (unpaired) electrons. The number of benzene rings is 1. The zero-order valence-corrected chi connectivity index (χ0v) is 11.6. The molecule has 0 saturated carbocycles. The Morgan fingerprint density at radius 3 is 2.74 bits per heavy atom. The molecule has 1 aliphatic rings. The highest BCUT2D eigenvalue weighted by atomic mass is 16.1. The molecule has 1 aliphatic heterocycles. The summed E-state index contributed by atoms with van der Waals surface area (Å²) in [4.78, 5) is 11.4. The summed E-state index contributed by atoms with van der Waals surface area (Å²) in [6.07, 6.45) is 1.85. The Labute approximate surface area is 114 Å². The average molecular weight is 259 g/mol. The van der Waals surface area contributed by atoms with Gasteiger partial charge >= 0.3 is 0 Å². The van der Waals surface area contributed by atoms with Gasteiger partial charge in [0, 0.05) is 18.5 Å². The normalized spacial score (nSPS) is 18.5. The highest BCUT2D eigenvalue weighted by molar-refractivity contribution is 5.89. The minimum absolute atomic E-state index is 0.00688. The second-order valence-electron chi connectivity index (χ2n) is 5.43. The molecule has 102 valence electrons. The van der Waals surface area contributed by atoms with Crippen molar-refractivity contribution in [2.45, 2.75) is 25.8 Å². The minimum atomic E-state index is -0.00688. The monoisotopic (exact) mass is 259 g/mol. The third-order valence-electron chi connectivity index (χ3n) is 3.12. The maximum atomic E-state index is 11.4. The fraction of sp³-hybridized carbons (Fsp3) is 0.400. The Morgan fingerprint density at radius 1 is 1.42 bits per heavy atom. The molecule has 4 heteroatoms. The van der Waals surface area contributed by atoms with Gasteiger partial charge in [0.1, 0.15) is 0 Å². The van der Waals surface area contributed by atoms with E-state index < -0.39 is 0 Å². The number of hydrazine groups is 2. The fourth-order valence-electron chi connectivity index (χ4n) is 2.23. The summed E-state index contributed by atoms with van der Waals surface area (Å²) < 4.78 is 0. The first kappa shape index (κ1) is 13.8. The van der Waals surface area contributed by atoms with Gasteiger partial charge < -0.3 is 0 Å². The summed E-state index contributed by atoms with van der Waals surface area (Å²) in [6, 6.07) is 10.2. The Morgan fingerprint density at radius 2 is 2.11 bits per heavy atom. The molecule has 1 heterocycles. The number of allylic oxidation sites excluding steroid dienone is 1. The lowest BCUT2D eigenvalue weighted by Gasteiger charge is -2.28. The molecule has 1 N–H and O–H groups in total. The third kappa shape index (κ3) is 3.43. The SMILES string of the molecule is C=CC(=O)CCN1NC(C)(C)CN1c1ccccc1. The van der Waals surface area contributed by atoms with Crippen LogP contribution in [-0.2, 0) is 4.79 Å². The summed E-state index contributed by atoms with van der Waals surface area (Å²) in [5.41, 5.74) is 4.56. The number of hydrogen-bond donors (Lipinski definition) is 1. The van der Waals surface area contributed by atoms with Crippen molar-refractivity contribution in [3.05, 3.63) is 43.0 Å². The first-order valence-electron chi connectivity index (χ1n) is 6.55. The molecule has 0 amide bonds. The van der Waals surface area contributed by atoms with Crippen LogP contribution >= 0.6 is 0 Å². The molecule has 19 heavy (non-hydrogen) atoms. The van der Waals surface area contributed by atoms with Crippen molar-refractivity contribution < 1.29 is 4.79 Å². The van der Waals surface area contributed by atoms with E-state index in [1.165, 1.54) is 6.08 Å². The number of nitrogens with zero attached hydrogens (tertiary/aromatic N) is 2. The van der Waals surface area contributed by atoms with Crippen LogP contribution in [0.5, 0.6) is 0 Å². The number of para-hydroxylation sites is 1. The van der Waals surface area contributed by atoms with Crippen molar-refractivity contribution in [3.8, 4) is 0 Å². The van der Waals surface area contributed by atoms with Crippen molar-refractivity contribution in [2.24, 2.45) is 0 Å². The van der Waals surface area contributed by atoms with Crippen molar-refractivity contribution in [1.82, 2.24) is 10.5 Å². The van der Waals surface area contributed by atoms with Gasteiger partial charge in [-0.25, -0.2) is 5.43 Å². The molecular weight excluding hydrogens is 238 g/mol. The molecule has 1 aromatic carbocycles. The number of ketones is 1. The van der Waals surface area contributed by atoms with Crippen LogP contribution in [0.25, 0.3) is 0 Å². The van der Waals surface area contributed by atoms with Crippen LogP contribution in [0.3, 0.4) is 0 Å². The zero-order valence-electron chi connectivity index (χ0n) is 11.6. The molecule has 0 bridgehead atoms. The third-order valence-corrected chi connectivity index (χ3v) is 3.12. The topological polar surface area (TPSA) is 35.6 Å².